The van der Waals surface area contributed by atoms with E-state index in [2.05, 4.69) is 72.1 Å². The average Bonchev–Trinajstić information content (AvgIpc) is 2.70. The fourth-order valence-corrected chi connectivity index (χ4v) is 3.44. The van der Waals surface area contributed by atoms with Gasteiger partial charge in [0, 0.05) is 16.7 Å². The molecule has 2 aromatic rings. The summed E-state index contributed by atoms with van der Waals surface area (Å²) in [7, 11) is 0. The van der Waals surface area contributed by atoms with E-state index < -0.39 is 0 Å². The molecule has 0 atom stereocenters. The molecule has 0 unspecified atom stereocenters. The molecule has 7 heteroatoms. The molecule has 0 aliphatic carbocycles. The number of amides is 1. The number of hydrogen-bond acceptors (Lipinski definition) is 2. The second-order valence-electron chi connectivity index (χ2n) is 8.24. The maximum absolute atomic E-state index is 12.8. The van der Waals surface area contributed by atoms with Crippen molar-refractivity contribution in [3.05, 3.63) is 74.3 Å². The van der Waals surface area contributed by atoms with Crippen molar-refractivity contribution >= 4 is 58.0 Å². The molecule has 5 nitrogen and oxygen atoms in total. The Balaban J connectivity index is 2.13. The molecule has 0 heterocycles. The smallest absolute Gasteiger partial charge is 0.289 e. The quantitative estimate of drug-likeness (QED) is 0.214. The fourth-order valence-electron chi connectivity index (χ4n) is 2.86. The molecule has 2 rings (SSSR count). The Morgan fingerprint density at radius 3 is 2.45 bits per heavy atom. The zero-order valence-electron chi connectivity index (χ0n) is 18.3. The van der Waals surface area contributed by atoms with E-state index >= 15 is 0 Å². The van der Waals surface area contributed by atoms with Crippen molar-refractivity contribution in [1.29, 1.82) is 0 Å². The molecular weight excluding hydrogens is 523 g/mol. The first-order valence-corrected chi connectivity index (χ1v) is 11.3. The van der Waals surface area contributed by atoms with Crippen molar-refractivity contribution in [1.82, 2.24) is 4.90 Å². The molecule has 31 heavy (non-hydrogen) atoms. The van der Waals surface area contributed by atoms with Gasteiger partial charge in [-0.25, -0.2) is 9.98 Å². The molecule has 0 fully saturated rings. The second kappa shape index (κ2) is 10.9. The summed E-state index contributed by atoms with van der Waals surface area (Å²) in [6.07, 6.45) is 2.94. The van der Waals surface area contributed by atoms with E-state index in [1.807, 2.05) is 25.1 Å². The predicted molar refractivity (Wildman–Crippen MR) is 139 cm³/mol. The fraction of sp³-hybridized carbons (Fsp3) is 0.292. The largest absolute Gasteiger partial charge is 0.379 e. The third-order valence-electron chi connectivity index (χ3n) is 4.65. The summed E-state index contributed by atoms with van der Waals surface area (Å²) < 4.78 is 0.979. The maximum Gasteiger partial charge on any atom is 0.289 e. The Morgan fingerprint density at radius 2 is 1.90 bits per heavy atom. The van der Waals surface area contributed by atoms with Gasteiger partial charge in [-0.15, -0.1) is 6.58 Å². The number of carbonyl (C=O) groups excluding carboxylic acids is 1. The van der Waals surface area contributed by atoms with Gasteiger partial charge in [-0.3, -0.25) is 4.79 Å². The lowest BCUT2D eigenvalue weighted by Crippen LogP contribution is -2.40. The van der Waals surface area contributed by atoms with Crippen molar-refractivity contribution in [2.75, 3.05) is 6.54 Å². The highest BCUT2D eigenvalue weighted by atomic mass is 127. The number of nitrogens with two attached hydrogens (primary N) is 1. The molecule has 0 spiro atoms. The summed E-state index contributed by atoms with van der Waals surface area (Å²) >= 11 is 8.37. The summed E-state index contributed by atoms with van der Waals surface area (Å²) in [6.45, 7) is 13.0. The highest BCUT2D eigenvalue weighted by Crippen LogP contribution is 2.27. The molecule has 164 valence electrons. The maximum atomic E-state index is 12.8. The van der Waals surface area contributed by atoms with Crippen LogP contribution < -0.4 is 5.73 Å². The number of benzene rings is 2. The second-order valence-corrected chi connectivity index (χ2v) is 9.72. The van der Waals surface area contributed by atoms with E-state index in [0.717, 1.165) is 14.7 Å². The number of nitrogens with zero attached hydrogens (tertiary/aromatic N) is 3. The van der Waals surface area contributed by atoms with Gasteiger partial charge in [0.05, 0.1) is 10.7 Å². The van der Waals surface area contributed by atoms with Gasteiger partial charge >= 0.3 is 0 Å². The summed E-state index contributed by atoms with van der Waals surface area (Å²) in [5.41, 5.74) is 9.92. The van der Waals surface area contributed by atoms with E-state index in [1.54, 1.807) is 17.0 Å². The summed E-state index contributed by atoms with van der Waals surface area (Å²) in [5, 5.41) is 0.621. The van der Waals surface area contributed by atoms with Crippen LogP contribution in [0.1, 0.15) is 37.5 Å². The number of aliphatic imine (C=N–C) groups is 2. The van der Waals surface area contributed by atoms with Gasteiger partial charge in [-0.2, -0.15) is 0 Å². The van der Waals surface area contributed by atoms with E-state index in [0.29, 0.717) is 23.8 Å². The Labute approximate surface area is 203 Å². The molecule has 1 amide bonds. The van der Waals surface area contributed by atoms with E-state index in [4.69, 9.17) is 17.3 Å². The lowest BCUT2D eigenvalue weighted by molar-refractivity contribution is -0.124. The Bertz CT molecular complexity index is 984. The van der Waals surface area contributed by atoms with Crippen molar-refractivity contribution in [3.63, 3.8) is 0 Å². The highest BCUT2D eigenvalue weighted by molar-refractivity contribution is 14.1. The molecule has 2 aromatic carbocycles. The molecule has 0 aromatic heterocycles. The Hall–Kier alpha value is -2.19. The van der Waals surface area contributed by atoms with E-state index in [9.17, 15) is 4.79 Å². The predicted octanol–water partition coefficient (Wildman–Crippen LogP) is 5.78. The normalized spacial score (nSPS) is 12.3. The van der Waals surface area contributed by atoms with Crippen molar-refractivity contribution in [2.24, 2.45) is 15.7 Å². The molecule has 2 N–H and O–H groups in total. The van der Waals surface area contributed by atoms with Gasteiger partial charge in [-0.1, -0.05) is 62.7 Å². The van der Waals surface area contributed by atoms with Gasteiger partial charge in [0.1, 0.15) is 6.34 Å². The van der Waals surface area contributed by atoms with Crippen LogP contribution >= 0.6 is 34.2 Å². The van der Waals surface area contributed by atoms with Gasteiger partial charge < -0.3 is 10.6 Å². The average molecular weight is 551 g/mol. The molecule has 0 aliphatic heterocycles. The van der Waals surface area contributed by atoms with Gasteiger partial charge in [-0.05, 0) is 63.8 Å². The summed E-state index contributed by atoms with van der Waals surface area (Å²) in [5.74, 6) is -0.506. The number of carbonyl (C=O) groups is 1. The zero-order chi connectivity index (χ0) is 23.2. The number of aryl methyl sites for hydroxylation is 1. The number of amidine groups is 1. The SMILES string of the molecule is C=CCN(Cc1ccc(C(C)(C)C)cc1)C(=O)C(N)=NC=Nc1cc(C)c(I)c(Cl)c1. The standard InChI is InChI=1S/C24H28ClIN4O/c1-6-11-30(14-17-7-9-18(10-8-17)24(3,4)5)23(31)22(27)29-15-28-19-12-16(2)21(26)20(25)13-19/h6-10,12-13,15H,1,11,14H2,2-5H3,(H2,27,28,29). The molecule has 0 saturated carbocycles. The minimum Gasteiger partial charge on any atom is -0.379 e. The molecule has 0 radical (unpaired) electrons. The first-order chi connectivity index (χ1) is 14.5. The van der Waals surface area contributed by atoms with Crippen LogP contribution in [0.25, 0.3) is 0 Å². The number of halogens is 2. The van der Waals surface area contributed by atoms with E-state index in [1.165, 1.54) is 11.9 Å². The van der Waals surface area contributed by atoms with Crippen molar-refractivity contribution < 1.29 is 4.79 Å². The Kier molecular flexibility index (Phi) is 8.82. The topological polar surface area (TPSA) is 71.0 Å². The summed E-state index contributed by atoms with van der Waals surface area (Å²) in [4.78, 5) is 22.7. The van der Waals surface area contributed by atoms with E-state index in [-0.39, 0.29) is 17.2 Å². The third-order valence-corrected chi connectivity index (χ3v) is 6.70. The minimum atomic E-state index is -0.372. The van der Waals surface area contributed by atoms with Crippen LogP contribution in [-0.2, 0) is 16.8 Å². The number of hydrogen-bond donors (Lipinski definition) is 1. The first kappa shape index (κ1) is 25.1. The van der Waals surface area contributed by atoms with Crippen LogP contribution in [0.2, 0.25) is 5.02 Å². The zero-order valence-corrected chi connectivity index (χ0v) is 21.2. The van der Waals surface area contributed by atoms with Crippen molar-refractivity contribution in [3.8, 4) is 0 Å². The monoisotopic (exact) mass is 550 g/mol. The van der Waals surface area contributed by atoms with Crippen LogP contribution in [0.4, 0.5) is 5.69 Å². The van der Waals surface area contributed by atoms with Gasteiger partial charge in [0.2, 0.25) is 0 Å². The lowest BCUT2D eigenvalue weighted by atomic mass is 9.87. The molecule has 0 saturated heterocycles. The van der Waals surface area contributed by atoms with Crippen LogP contribution in [0.15, 0.2) is 59.0 Å². The van der Waals surface area contributed by atoms with Crippen LogP contribution in [0.3, 0.4) is 0 Å². The van der Waals surface area contributed by atoms with Gasteiger partial charge in [0.15, 0.2) is 5.84 Å². The Morgan fingerprint density at radius 1 is 1.26 bits per heavy atom. The van der Waals surface area contributed by atoms with Gasteiger partial charge in [0.25, 0.3) is 5.91 Å². The third kappa shape index (κ3) is 7.18. The number of rotatable bonds is 6. The van der Waals surface area contributed by atoms with Crippen LogP contribution in [-0.4, -0.2) is 29.5 Å². The minimum absolute atomic E-state index is 0.0748. The summed E-state index contributed by atoms with van der Waals surface area (Å²) in [6, 6.07) is 11.9. The lowest BCUT2D eigenvalue weighted by Gasteiger charge is -2.22. The van der Waals surface area contributed by atoms with Crippen LogP contribution in [0.5, 0.6) is 0 Å². The first-order valence-electron chi connectivity index (χ1n) is 9.84. The highest BCUT2D eigenvalue weighted by Gasteiger charge is 2.18. The molecular formula is C24H28ClIN4O. The van der Waals surface area contributed by atoms with Crippen molar-refractivity contribution in [2.45, 2.75) is 39.7 Å². The molecule has 0 bridgehead atoms. The molecule has 0 aliphatic rings. The van der Waals surface area contributed by atoms with Crippen LogP contribution in [0, 0.1) is 10.5 Å².